The molecule has 0 unspecified atom stereocenters. The Morgan fingerprint density at radius 3 is 2.39 bits per heavy atom. The van der Waals surface area contributed by atoms with Gasteiger partial charge in [0.1, 0.15) is 19.3 Å². The highest BCUT2D eigenvalue weighted by atomic mass is 32.2. The summed E-state index contributed by atoms with van der Waals surface area (Å²) in [6.07, 6.45) is 0. The lowest BCUT2D eigenvalue weighted by Gasteiger charge is -2.23. The van der Waals surface area contributed by atoms with E-state index < -0.39 is 22.0 Å². The van der Waals surface area contributed by atoms with E-state index in [1.165, 1.54) is 12.1 Å². The molecule has 2 aromatic rings. The standard InChI is InChI=1S/C20H24N2O5S/c1-13(2)19(20(23)21-16-7-5-4-6-14(16)3)22-28(24,25)15-8-9-17-18(12-15)27-11-10-26-17/h4-9,12-13,19,22H,10-11H2,1-3H3,(H,21,23)/t19-/m0/s1. The van der Waals surface area contributed by atoms with Gasteiger partial charge in [0.15, 0.2) is 11.5 Å². The van der Waals surface area contributed by atoms with Crippen molar-refractivity contribution in [3.05, 3.63) is 48.0 Å². The zero-order chi connectivity index (χ0) is 20.3. The molecule has 0 saturated carbocycles. The molecule has 150 valence electrons. The minimum absolute atomic E-state index is 0.0195. The molecule has 0 fully saturated rings. The van der Waals surface area contributed by atoms with Crippen LogP contribution in [-0.2, 0) is 14.8 Å². The number of hydrogen-bond acceptors (Lipinski definition) is 5. The number of anilines is 1. The van der Waals surface area contributed by atoms with E-state index in [0.29, 0.717) is 30.4 Å². The van der Waals surface area contributed by atoms with Crippen molar-refractivity contribution in [2.45, 2.75) is 31.7 Å². The summed E-state index contributed by atoms with van der Waals surface area (Å²) in [5.41, 5.74) is 1.55. The van der Waals surface area contributed by atoms with Crippen LogP contribution >= 0.6 is 0 Å². The van der Waals surface area contributed by atoms with Gasteiger partial charge in [-0.2, -0.15) is 4.72 Å². The highest BCUT2D eigenvalue weighted by Gasteiger charge is 2.29. The number of nitrogens with one attached hydrogen (secondary N) is 2. The molecule has 1 aliphatic heterocycles. The first-order chi connectivity index (χ1) is 13.3. The number of fused-ring (bicyclic) bond motifs is 1. The largest absolute Gasteiger partial charge is 0.486 e. The lowest BCUT2D eigenvalue weighted by Crippen LogP contribution is -2.47. The Morgan fingerprint density at radius 1 is 1.04 bits per heavy atom. The fourth-order valence-corrected chi connectivity index (χ4v) is 4.20. The molecule has 0 radical (unpaired) electrons. The number of sulfonamides is 1. The third kappa shape index (κ3) is 4.45. The quantitative estimate of drug-likeness (QED) is 0.772. The van der Waals surface area contributed by atoms with Gasteiger partial charge in [-0.25, -0.2) is 8.42 Å². The monoisotopic (exact) mass is 404 g/mol. The second kappa shape index (κ2) is 8.20. The van der Waals surface area contributed by atoms with Gasteiger partial charge in [0.05, 0.1) is 4.90 Å². The smallest absolute Gasteiger partial charge is 0.242 e. The number of benzene rings is 2. The van der Waals surface area contributed by atoms with Crippen LogP contribution in [0.25, 0.3) is 0 Å². The Kier molecular flexibility index (Phi) is 5.90. The number of amides is 1. The molecule has 0 bridgehead atoms. The van der Waals surface area contributed by atoms with Crippen LogP contribution in [-0.4, -0.2) is 33.6 Å². The highest BCUT2D eigenvalue weighted by molar-refractivity contribution is 7.89. The van der Waals surface area contributed by atoms with E-state index in [1.54, 1.807) is 26.0 Å². The Balaban J connectivity index is 1.81. The summed E-state index contributed by atoms with van der Waals surface area (Å²) in [6.45, 7) is 6.23. The van der Waals surface area contributed by atoms with Gasteiger partial charge in [-0.3, -0.25) is 4.79 Å². The van der Waals surface area contributed by atoms with E-state index in [2.05, 4.69) is 10.0 Å². The fraction of sp³-hybridized carbons (Fsp3) is 0.350. The summed E-state index contributed by atoms with van der Waals surface area (Å²) in [5, 5.41) is 2.81. The van der Waals surface area contributed by atoms with Gasteiger partial charge in [-0.15, -0.1) is 0 Å². The van der Waals surface area contributed by atoms with Gasteiger partial charge in [-0.1, -0.05) is 32.0 Å². The van der Waals surface area contributed by atoms with Crippen LogP contribution < -0.4 is 19.5 Å². The average molecular weight is 404 g/mol. The average Bonchev–Trinajstić information content (AvgIpc) is 2.67. The second-order valence-corrected chi connectivity index (χ2v) is 8.67. The second-order valence-electron chi connectivity index (χ2n) is 6.95. The van der Waals surface area contributed by atoms with Crippen LogP contribution in [0.15, 0.2) is 47.4 Å². The number of para-hydroxylation sites is 1. The highest BCUT2D eigenvalue weighted by Crippen LogP contribution is 2.32. The zero-order valence-corrected chi connectivity index (χ0v) is 16.9. The predicted molar refractivity (Wildman–Crippen MR) is 106 cm³/mol. The molecule has 1 atom stereocenters. The van der Waals surface area contributed by atoms with E-state index in [0.717, 1.165) is 5.56 Å². The van der Waals surface area contributed by atoms with Crippen LogP contribution in [0.2, 0.25) is 0 Å². The van der Waals surface area contributed by atoms with Crippen molar-refractivity contribution in [1.82, 2.24) is 4.72 Å². The fourth-order valence-electron chi connectivity index (χ4n) is 2.84. The molecule has 1 heterocycles. The summed E-state index contributed by atoms with van der Waals surface area (Å²) >= 11 is 0. The zero-order valence-electron chi connectivity index (χ0n) is 16.1. The summed E-state index contributed by atoms with van der Waals surface area (Å²) in [7, 11) is -3.93. The van der Waals surface area contributed by atoms with Crippen LogP contribution in [0, 0.1) is 12.8 Å². The Bertz CT molecular complexity index is 972. The number of aryl methyl sites for hydroxylation is 1. The molecular formula is C20H24N2O5S. The molecule has 3 rings (SSSR count). The van der Waals surface area contributed by atoms with E-state index in [1.807, 2.05) is 25.1 Å². The first kappa shape index (κ1) is 20.2. The van der Waals surface area contributed by atoms with Crippen molar-refractivity contribution in [2.75, 3.05) is 18.5 Å². The molecular weight excluding hydrogens is 380 g/mol. The van der Waals surface area contributed by atoms with Crippen molar-refractivity contribution in [2.24, 2.45) is 5.92 Å². The normalized spacial score (nSPS) is 14.6. The lowest BCUT2D eigenvalue weighted by atomic mass is 10.0. The molecule has 2 aromatic carbocycles. The number of ether oxygens (including phenoxy) is 2. The Morgan fingerprint density at radius 2 is 1.71 bits per heavy atom. The van der Waals surface area contributed by atoms with E-state index in [9.17, 15) is 13.2 Å². The van der Waals surface area contributed by atoms with E-state index in [-0.39, 0.29) is 10.8 Å². The van der Waals surface area contributed by atoms with Crippen LogP contribution in [0.3, 0.4) is 0 Å². The third-order valence-electron chi connectivity index (χ3n) is 4.46. The third-order valence-corrected chi connectivity index (χ3v) is 5.90. The molecule has 28 heavy (non-hydrogen) atoms. The van der Waals surface area contributed by atoms with Gasteiger partial charge in [-0.05, 0) is 36.6 Å². The maximum Gasteiger partial charge on any atom is 0.242 e. The van der Waals surface area contributed by atoms with Crippen LogP contribution in [0.4, 0.5) is 5.69 Å². The number of carbonyl (C=O) groups is 1. The SMILES string of the molecule is Cc1ccccc1NC(=O)[C@@H](NS(=O)(=O)c1ccc2c(c1)OCCO2)C(C)C. The Labute approximate surface area is 165 Å². The molecule has 8 heteroatoms. The van der Waals surface area contributed by atoms with Gasteiger partial charge in [0.25, 0.3) is 0 Å². The molecule has 1 amide bonds. The van der Waals surface area contributed by atoms with Gasteiger partial charge >= 0.3 is 0 Å². The number of rotatable bonds is 6. The predicted octanol–water partition coefficient (Wildman–Crippen LogP) is 2.71. The van der Waals surface area contributed by atoms with Crippen LogP contribution in [0.1, 0.15) is 19.4 Å². The maximum atomic E-state index is 12.9. The molecule has 0 spiro atoms. The minimum Gasteiger partial charge on any atom is -0.486 e. The molecule has 1 aliphatic rings. The van der Waals surface area contributed by atoms with Gasteiger partial charge < -0.3 is 14.8 Å². The summed E-state index contributed by atoms with van der Waals surface area (Å²) in [6, 6.07) is 10.8. The first-order valence-corrected chi connectivity index (χ1v) is 10.5. The maximum absolute atomic E-state index is 12.9. The molecule has 2 N–H and O–H groups in total. The number of carbonyl (C=O) groups excluding carboxylic acids is 1. The van der Waals surface area contributed by atoms with Gasteiger partial charge in [0, 0.05) is 11.8 Å². The lowest BCUT2D eigenvalue weighted by molar-refractivity contribution is -0.118. The number of hydrogen-bond donors (Lipinski definition) is 2. The van der Waals surface area contributed by atoms with Crippen molar-refractivity contribution in [3.8, 4) is 11.5 Å². The van der Waals surface area contributed by atoms with E-state index in [4.69, 9.17) is 9.47 Å². The summed E-state index contributed by atoms with van der Waals surface area (Å²) < 4.78 is 39.1. The molecule has 0 saturated heterocycles. The van der Waals surface area contributed by atoms with Crippen molar-refractivity contribution in [1.29, 1.82) is 0 Å². The van der Waals surface area contributed by atoms with Crippen molar-refractivity contribution < 1.29 is 22.7 Å². The minimum atomic E-state index is -3.93. The van der Waals surface area contributed by atoms with E-state index >= 15 is 0 Å². The van der Waals surface area contributed by atoms with Crippen molar-refractivity contribution in [3.63, 3.8) is 0 Å². The molecule has 0 aromatic heterocycles. The van der Waals surface area contributed by atoms with Crippen LogP contribution in [0.5, 0.6) is 11.5 Å². The topological polar surface area (TPSA) is 93.7 Å². The first-order valence-electron chi connectivity index (χ1n) is 9.06. The Hall–Kier alpha value is -2.58. The molecule has 0 aliphatic carbocycles. The van der Waals surface area contributed by atoms with Crippen molar-refractivity contribution >= 4 is 21.6 Å². The van der Waals surface area contributed by atoms with Gasteiger partial charge in [0.2, 0.25) is 15.9 Å². The molecule has 7 nitrogen and oxygen atoms in total. The summed E-state index contributed by atoms with van der Waals surface area (Å²) in [4.78, 5) is 12.8. The summed E-state index contributed by atoms with van der Waals surface area (Å²) in [5.74, 6) is 0.212.